The molecule has 0 aliphatic carbocycles. The summed E-state index contributed by atoms with van der Waals surface area (Å²) < 4.78 is 12.9. The predicted molar refractivity (Wildman–Crippen MR) is 46.6 cm³/mol. The van der Waals surface area contributed by atoms with Gasteiger partial charge in [-0.25, -0.2) is 4.39 Å². The van der Waals surface area contributed by atoms with Crippen LogP contribution in [0.3, 0.4) is 0 Å². The van der Waals surface area contributed by atoms with Crippen LogP contribution in [0.2, 0.25) is 0 Å². The number of fused-ring (bicyclic) bond motifs is 1. The molecule has 1 nitrogen and oxygen atoms in total. The molecule has 0 spiro atoms. The number of nitrogens with one attached hydrogen (secondary N) is 1. The van der Waals surface area contributed by atoms with Crippen molar-refractivity contribution >= 4 is 0 Å². The molecule has 0 amide bonds. The summed E-state index contributed by atoms with van der Waals surface area (Å²) in [6.07, 6.45) is -0.351. The Morgan fingerprint density at radius 3 is 3.08 bits per heavy atom. The van der Waals surface area contributed by atoms with Crippen molar-refractivity contribution in [1.82, 2.24) is 5.32 Å². The van der Waals surface area contributed by atoms with E-state index in [-0.39, 0.29) is 0 Å². The van der Waals surface area contributed by atoms with Gasteiger partial charge in [0.05, 0.1) is 0 Å². The van der Waals surface area contributed by atoms with Crippen LogP contribution in [-0.4, -0.2) is 6.30 Å². The van der Waals surface area contributed by atoms with Crippen molar-refractivity contribution in [1.29, 1.82) is 0 Å². The molecule has 1 aromatic carbocycles. The maximum atomic E-state index is 12.9. The molecule has 0 aromatic heterocycles. The Kier molecular flexibility index (Phi) is 1.85. The van der Waals surface area contributed by atoms with Crippen molar-refractivity contribution in [3.8, 4) is 0 Å². The molecular formula is C10H12FN. The number of aryl methyl sites for hydroxylation is 1. The molecular weight excluding hydrogens is 153 g/mol. The molecule has 1 atom stereocenters. The molecule has 1 aliphatic heterocycles. The Morgan fingerprint density at radius 2 is 2.25 bits per heavy atom. The Balaban J connectivity index is 2.37. The van der Waals surface area contributed by atoms with Gasteiger partial charge in [-0.1, -0.05) is 23.8 Å². The molecule has 1 aromatic rings. The van der Waals surface area contributed by atoms with Gasteiger partial charge in [-0.15, -0.1) is 0 Å². The topological polar surface area (TPSA) is 12.0 Å². The number of halogens is 1. The molecule has 64 valence electrons. The van der Waals surface area contributed by atoms with Gasteiger partial charge in [0.1, 0.15) is 0 Å². The molecule has 1 aliphatic rings. The Bertz CT molecular complexity index is 296. The molecule has 0 bridgehead atoms. The zero-order valence-corrected chi connectivity index (χ0v) is 7.10. The smallest absolute Gasteiger partial charge is 0.155 e. The summed E-state index contributed by atoms with van der Waals surface area (Å²) in [5.74, 6) is 0. The van der Waals surface area contributed by atoms with Gasteiger partial charge in [-0.05, 0) is 18.1 Å². The third kappa shape index (κ3) is 1.34. The number of rotatable bonds is 0. The van der Waals surface area contributed by atoms with Gasteiger partial charge in [-0.2, -0.15) is 0 Å². The van der Waals surface area contributed by atoms with E-state index in [2.05, 4.69) is 18.3 Å². The number of benzene rings is 1. The van der Waals surface area contributed by atoms with E-state index in [0.717, 1.165) is 5.56 Å². The van der Waals surface area contributed by atoms with Crippen molar-refractivity contribution in [3.63, 3.8) is 0 Å². The van der Waals surface area contributed by atoms with Crippen LogP contribution in [0.1, 0.15) is 16.7 Å². The van der Waals surface area contributed by atoms with Gasteiger partial charge in [0, 0.05) is 13.0 Å². The van der Waals surface area contributed by atoms with Gasteiger partial charge in [0.2, 0.25) is 0 Å². The second-order valence-electron chi connectivity index (χ2n) is 3.32. The van der Waals surface area contributed by atoms with Gasteiger partial charge >= 0.3 is 0 Å². The minimum atomic E-state index is -0.861. The van der Waals surface area contributed by atoms with E-state index in [4.69, 9.17) is 0 Å². The first-order valence-corrected chi connectivity index (χ1v) is 4.21. The highest BCUT2D eigenvalue weighted by atomic mass is 19.1. The molecule has 0 saturated heterocycles. The van der Waals surface area contributed by atoms with Crippen molar-refractivity contribution in [2.24, 2.45) is 0 Å². The Hall–Kier alpha value is -0.890. The minimum Gasteiger partial charge on any atom is -0.283 e. The number of alkyl halides is 1. The SMILES string of the molecule is Cc1ccc2c(c1)CNC(F)C2. The van der Waals surface area contributed by atoms with Crippen LogP contribution in [0.15, 0.2) is 18.2 Å². The van der Waals surface area contributed by atoms with Crippen LogP contribution < -0.4 is 5.32 Å². The summed E-state index contributed by atoms with van der Waals surface area (Å²) in [6.45, 7) is 2.72. The normalized spacial score (nSPS) is 22.0. The molecule has 0 saturated carbocycles. The van der Waals surface area contributed by atoms with E-state index in [1.165, 1.54) is 11.1 Å². The number of hydrogen-bond donors (Lipinski definition) is 1. The van der Waals surface area contributed by atoms with Crippen LogP contribution in [0.5, 0.6) is 0 Å². The van der Waals surface area contributed by atoms with E-state index < -0.39 is 6.30 Å². The summed E-state index contributed by atoms with van der Waals surface area (Å²) in [7, 11) is 0. The fourth-order valence-electron chi connectivity index (χ4n) is 1.60. The van der Waals surface area contributed by atoms with Crippen molar-refractivity contribution in [3.05, 3.63) is 34.9 Å². The Morgan fingerprint density at radius 1 is 1.42 bits per heavy atom. The lowest BCUT2D eigenvalue weighted by Crippen LogP contribution is -2.31. The van der Waals surface area contributed by atoms with Crippen molar-refractivity contribution < 1.29 is 4.39 Å². The zero-order valence-electron chi connectivity index (χ0n) is 7.10. The second-order valence-corrected chi connectivity index (χ2v) is 3.32. The summed E-state index contributed by atoms with van der Waals surface area (Å²) >= 11 is 0. The first-order valence-electron chi connectivity index (χ1n) is 4.21. The van der Waals surface area contributed by atoms with Crippen molar-refractivity contribution in [2.45, 2.75) is 26.2 Å². The third-order valence-corrected chi connectivity index (χ3v) is 2.27. The van der Waals surface area contributed by atoms with Crippen LogP contribution >= 0.6 is 0 Å². The van der Waals surface area contributed by atoms with E-state index in [1.54, 1.807) is 0 Å². The zero-order chi connectivity index (χ0) is 8.55. The van der Waals surface area contributed by atoms with Crippen LogP contribution in [-0.2, 0) is 13.0 Å². The maximum Gasteiger partial charge on any atom is 0.155 e. The van der Waals surface area contributed by atoms with E-state index in [9.17, 15) is 4.39 Å². The lowest BCUT2D eigenvalue weighted by molar-refractivity contribution is 0.258. The lowest BCUT2D eigenvalue weighted by atomic mass is 9.98. The number of hydrogen-bond acceptors (Lipinski definition) is 1. The average molecular weight is 165 g/mol. The monoisotopic (exact) mass is 165 g/mol. The summed E-state index contributed by atoms with van der Waals surface area (Å²) in [5, 5.41) is 2.80. The van der Waals surface area contributed by atoms with E-state index in [1.807, 2.05) is 12.1 Å². The Labute approximate surface area is 71.6 Å². The third-order valence-electron chi connectivity index (χ3n) is 2.27. The second kappa shape index (κ2) is 2.87. The maximum absolute atomic E-state index is 12.9. The molecule has 2 heteroatoms. The van der Waals surface area contributed by atoms with Gasteiger partial charge in [-0.3, -0.25) is 5.32 Å². The molecule has 12 heavy (non-hydrogen) atoms. The quantitative estimate of drug-likeness (QED) is 0.579. The summed E-state index contributed by atoms with van der Waals surface area (Å²) in [6, 6.07) is 6.18. The molecule has 2 rings (SSSR count). The fourth-order valence-corrected chi connectivity index (χ4v) is 1.60. The highest BCUT2D eigenvalue weighted by Crippen LogP contribution is 2.18. The molecule has 1 N–H and O–H groups in total. The highest BCUT2D eigenvalue weighted by molar-refractivity contribution is 5.33. The molecule has 1 heterocycles. The molecule has 1 unspecified atom stereocenters. The van der Waals surface area contributed by atoms with Gasteiger partial charge in [0.25, 0.3) is 0 Å². The van der Waals surface area contributed by atoms with E-state index in [0.29, 0.717) is 13.0 Å². The average Bonchev–Trinajstić information content (AvgIpc) is 2.05. The van der Waals surface area contributed by atoms with Crippen molar-refractivity contribution in [2.75, 3.05) is 0 Å². The van der Waals surface area contributed by atoms with Gasteiger partial charge < -0.3 is 0 Å². The van der Waals surface area contributed by atoms with Crippen LogP contribution in [0.25, 0.3) is 0 Å². The first-order chi connectivity index (χ1) is 5.75. The van der Waals surface area contributed by atoms with Crippen LogP contribution in [0.4, 0.5) is 4.39 Å². The largest absolute Gasteiger partial charge is 0.283 e. The summed E-state index contributed by atoms with van der Waals surface area (Å²) in [4.78, 5) is 0. The lowest BCUT2D eigenvalue weighted by Gasteiger charge is -2.20. The van der Waals surface area contributed by atoms with Crippen LogP contribution in [0, 0.1) is 6.92 Å². The molecule has 0 fully saturated rings. The standard InChI is InChI=1S/C10H12FN/c1-7-2-3-8-5-10(11)12-6-9(8)4-7/h2-4,10,12H,5-6H2,1H3. The predicted octanol–water partition coefficient (Wildman–Crippen LogP) is 1.94. The van der Waals surface area contributed by atoms with E-state index >= 15 is 0 Å². The summed E-state index contributed by atoms with van der Waals surface area (Å²) in [5.41, 5.74) is 3.63. The molecule has 0 radical (unpaired) electrons. The fraction of sp³-hybridized carbons (Fsp3) is 0.400. The van der Waals surface area contributed by atoms with Gasteiger partial charge in [0.15, 0.2) is 6.30 Å². The minimum absolute atomic E-state index is 0.510. The first kappa shape index (κ1) is 7.74. The highest BCUT2D eigenvalue weighted by Gasteiger charge is 2.15.